The van der Waals surface area contributed by atoms with Crippen molar-refractivity contribution in [3.05, 3.63) is 58.1 Å². The average Bonchev–Trinajstić information content (AvgIpc) is 3.13. The highest BCUT2D eigenvalue weighted by molar-refractivity contribution is 5.66. The van der Waals surface area contributed by atoms with E-state index < -0.39 is 0 Å². The van der Waals surface area contributed by atoms with Gasteiger partial charge in [-0.25, -0.2) is 0 Å². The summed E-state index contributed by atoms with van der Waals surface area (Å²) in [6.07, 6.45) is 5.74. The molecule has 2 aromatic rings. The molecule has 4 rings (SSSR count). The van der Waals surface area contributed by atoms with Crippen molar-refractivity contribution in [2.75, 3.05) is 32.0 Å². The van der Waals surface area contributed by atoms with Gasteiger partial charge in [0, 0.05) is 43.9 Å². The largest absolute Gasteiger partial charge is 0.485 e. The van der Waals surface area contributed by atoms with Crippen molar-refractivity contribution in [2.45, 2.75) is 71.5 Å². The van der Waals surface area contributed by atoms with Gasteiger partial charge in [-0.15, -0.1) is 0 Å². The molecule has 0 aliphatic carbocycles. The highest BCUT2D eigenvalue weighted by Gasteiger charge is 2.39. The first-order chi connectivity index (χ1) is 14.9. The van der Waals surface area contributed by atoms with E-state index in [1.807, 2.05) is 0 Å². The van der Waals surface area contributed by atoms with Crippen LogP contribution in [0.15, 0.2) is 30.3 Å². The van der Waals surface area contributed by atoms with Gasteiger partial charge in [-0.3, -0.25) is 4.90 Å². The lowest BCUT2D eigenvalue weighted by atomic mass is 9.91. The number of piperidine rings is 1. The number of likely N-dealkylation sites (tertiary alicyclic amines) is 1. The van der Waals surface area contributed by atoms with Crippen LogP contribution in [0.5, 0.6) is 5.75 Å². The molecule has 1 fully saturated rings. The van der Waals surface area contributed by atoms with Gasteiger partial charge >= 0.3 is 0 Å². The van der Waals surface area contributed by atoms with Crippen LogP contribution in [-0.2, 0) is 17.6 Å². The molecule has 1 saturated heterocycles. The summed E-state index contributed by atoms with van der Waals surface area (Å²) in [5, 5.41) is 0. The number of hydrogen-bond donors (Lipinski definition) is 1. The van der Waals surface area contributed by atoms with E-state index in [2.05, 4.69) is 62.9 Å². The summed E-state index contributed by atoms with van der Waals surface area (Å²) in [5.74, 6) is 1.07. The van der Waals surface area contributed by atoms with Crippen molar-refractivity contribution >= 4 is 5.69 Å². The third-order valence-electron chi connectivity index (χ3n) is 7.24. The Kier molecular flexibility index (Phi) is 6.59. The Bertz CT molecular complexity index is 864. The zero-order valence-corrected chi connectivity index (χ0v) is 19.7. The maximum atomic E-state index is 6.56. The van der Waals surface area contributed by atoms with E-state index in [0.29, 0.717) is 6.10 Å². The number of anilines is 1. The summed E-state index contributed by atoms with van der Waals surface area (Å²) in [5.41, 5.74) is 13.4. The number of nitrogens with zero attached hydrogens (tertiary/aromatic N) is 1. The molecule has 2 heterocycles. The van der Waals surface area contributed by atoms with Gasteiger partial charge in [-0.2, -0.15) is 0 Å². The number of ether oxygens (including phenoxy) is 2. The van der Waals surface area contributed by atoms with Crippen molar-refractivity contribution in [3.8, 4) is 5.75 Å². The van der Waals surface area contributed by atoms with E-state index in [1.165, 1.54) is 22.3 Å². The number of benzene rings is 2. The zero-order valence-electron chi connectivity index (χ0n) is 19.7. The lowest BCUT2D eigenvalue weighted by Gasteiger charge is -2.37. The molecular weight excluding hydrogens is 384 g/mol. The molecule has 0 spiro atoms. The van der Waals surface area contributed by atoms with Gasteiger partial charge in [0.2, 0.25) is 0 Å². The van der Waals surface area contributed by atoms with Crippen molar-refractivity contribution in [1.82, 2.24) is 4.90 Å². The molecule has 0 radical (unpaired) electrons. The second-order valence-electron chi connectivity index (χ2n) is 9.76. The molecule has 168 valence electrons. The number of fused-ring (bicyclic) bond motifs is 1. The first-order valence-corrected chi connectivity index (χ1v) is 11.8. The molecule has 0 aromatic heterocycles. The van der Waals surface area contributed by atoms with Crippen LogP contribution in [0.4, 0.5) is 5.69 Å². The summed E-state index contributed by atoms with van der Waals surface area (Å²) in [6.45, 7) is 12.6. The van der Waals surface area contributed by atoms with E-state index in [-0.39, 0.29) is 5.60 Å². The first kappa shape index (κ1) is 22.2. The topological polar surface area (TPSA) is 47.7 Å². The molecule has 4 heteroatoms. The SMILES string of the molecule is Cc1c(C)c2c(c(C)c1N)CC(C)(CN1CCC(OCCCc3ccccc3)CC1)O2. The van der Waals surface area contributed by atoms with E-state index in [4.69, 9.17) is 15.2 Å². The van der Waals surface area contributed by atoms with E-state index >= 15 is 0 Å². The van der Waals surface area contributed by atoms with Crippen LogP contribution in [0.1, 0.15) is 54.0 Å². The predicted octanol–water partition coefficient (Wildman–Crippen LogP) is 5.00. The fraction of sp³-hybridized carbons (Fsp3) is 0.556. The zero-order chi connectivity index (χ0) is 22.0. The summed E-state index contributed by atoms with van der Waals surface area (Å²) in [7, 11) is 0. The smallest absolute Gasteiger partial charge is 0.127 e. The summed E-state index contributed by atoms with van der Waals surface area (Å²) in [6, 6.07) is 10.7. The number of hydrogen-bond acceptors (Lipinski definition) is 4. The van der Waals surface area contributed by atoms with Crippen LogP contribution in [0.2, 0.25) is 0 Å². The first-order valence-electron chi connectivity index (χ1n) is 11.8. The molecule has 31 heavy (non-hydrogen) atoms. The van der Waals surface area contributed by atoms with E-state index in [1.54, 1.807) is 0 Å². The lowest BCUT2D eigenvalue weighted by Crippen LogP contribution is -2.48. The fourth-order valence-electron chi connectivity index (χ4n) is 5.19. The maximum Gasteiger partial charge on any atom is 0.127 e. The Balaban J connectivity index is 1.24. The molecule has 0 bridgehead atoms. The second-order valence-corrected chi connectivity index (χ2v) is 9.76. The fourth-order valence-corrected chi connectivity index (χ4v) is 5.19. The van der Waals surface area contributed by atoms with Crippen LogP contribution in [-0.4, -0.2) is 42.8 Å². The standard InChI is InChI=1S/C27H38N2O2/c1-19-20(2)26-24(21(3)25(19)28)17-27(4,31-26)18-29-14-12-23(13-15-29)30-16-8-11-22-9-6-5-7-10-22/h5-7,9-10,23H,8,11-18,28H2,1-4H3. The lowest BCUT2D eigenvalue weighted by molar-refractivity contribution is -0.0117. The Morgan fingerprint density at radius 3 is 2.48 bits per heavy atom. The van der Waals surface area contributed by atoms with Crippen molar-refractivity contribution in [2.24, 2.45) is 0 Å². The molecule has 2 aromatic carbocycles. The molecule has 2 aliphatic rings. The van der Waals surface area contributed by atoms with Gasteiger partial charge in [-0.1, -0.05) is 30.3 Å². The molecule has 0 amide bonds. The van der Waals surface area contributed by atoms with Gasteiger partial charge in [0.15, 0.2) is 0 Å². The Morgan fingerprint density at radius 1 is 1.06 bits per heavy atom. The monoisotopic (exact) mass is 422 g/mol. The minimum atomic E-state index is -0.179. The number of rotatable bonds is 7. The minimum Gasteiger partial charge on any atom is -0.485 e. The van der Waals surface area contributed by atoms with Crippen LogP contribution in [0.25, 0.3) is 0 Å². The summed E-state index contributed by atoms with van der Waals surface area (Å²) in [4.78, 5) is 2.55. The quantitative estimate of drug-likeness (QED) is 0.504. The molecule has 2 aliphatic heterocycles. The van der Waals surface area contributed by atoms with Crippen LogP contribution >= 0.6 is 0 Å². The Labute approximate surface area is 187 Å². The van der Waals surface area contributed by atoms with Gasteiger partial charge in [0.05, 0.1) is 6.10 Å². The predicted molar refractivity (Wildman–Crippen MR) is 128 cm³/mol. The van der Waals surface area contributed by atoms with Gasteiger partial charge in [0.25, 0.3) is 0 Å². The van der Waals surface area contributed by atoms with Crippen LogP contribution in [0.3, 0.4) is 0 Å². The number of nitrogen functional groups attached to an aromatic ring is 1. The van der Waals surface area contributed by atoms with Gasteiger partial charge in [-0.05, 0) is 75.6 Å². The van der Waals surface area contributed by atoms with Crippen molar-refractivity contribution in [1.29, 1.82) is 0 Å². The van der Waals surface area contributed by atoms with Crippen LogP contribution < -0.4 is 10.5 Å². The molecule has 1 atom stereocenters. The summed E-state index contributed by atoms with van der Waals surface area (Å²) < 4.78 is 12.7. The van der Waals surface area contributed by atoms with Crippen LogP contribution in [0, 0.1) is 20.8 Å². The summed E-state index contributed by atoms with van der Waals surface area (Å²) >= 11 is 0. The molecule has 4 nitrogen and oxygen atoms in total. The minimum absolute atomic E-state index is 0.179. The average molecular weight is 423 g/mol. The van der Waals surface area contributed by atoms with E-state index in [9.17, 15) is 0 Å². The van der Waals surface area contributed by atoms with E-state index in [0.717, 1.165) is 75.3 Å². The van der Waals surface area contributed by atoms with Crippen molar-refractivity contribution in [3.63, 3.8) is 0 Å². The molecule has 2 N–H and O–H groups in total. The third-order valence-corrected chi connectivity index (χ3v) is 7.24. The maximum absolute atomic E-state index is 6.56. The normalized spacial score (nSPS) is 21.8. The second kappa shape index (κ2) is 9.22. The van der Waals surface area contributed by atoms with Gasteiger partial charge < -0.3 is 15.2 Å². The Morgan fingerprint density at radius 2 is 1.77 bits per heavy atom. The van der Waals surface area contributed by atoms with Gasteiger partial charge in [0.1, 0.15) is 11.4 Å². The van der Waals surface area contributed by atoms with Crippen molar-refractivity contribution < 1.29 is 9.47 Å². The highest BCUT2D eigenvalue weighted by Crippen LogP contribution is 2.44. The number of nitrogens with two attached hydrogens (primary N) is 1. The third kappa shape index (κ3) is 4.91. The Hall–Kier alpha value is -2.04. The molecule has 1 unspecified atom stereocenters. The molecular formula is C27H38N2O2. The number of aryl methyl sites for hydroxylation is 1. The highest BCUT2D eigenvalue weighted by atomic mass is 16.5. The molecule has 0 saturated carbocycles.